The minimum Gasteiger partial charge on any atom is -0.232 e. The molecule has 0 unspecified atom stereocenters. The molecule has 0 aliphatic heterocycles. The van der Waals surface area contributed by atoms with E-state index in [9.17, 15) is 0 Å². The lowest BCUT2D eigenvalue weighted by atomic mass is 10.1. The average molecular weight is 437 g/mol. The fourth-order valence-electron chi connectivity index (χ4n) is 3.50. The van der Waals surface area contributed by atoms with E-state index in [4.69, 9.17) is 9.36 Å². The summed E-state index contributed by atoms with van der Waals surface area (Å²) in [4.78, 5) is 5.03. The SMILES string of the molecule is Cc1ccccc1N=C(Cc1ccccc1)N=S(Cc1ccccc1)Cc1ccccc1. The van der Waals surface area contributed by atoms with Gasteiger partial charge in [-0.05, 0) is 35.2 Å². The Hall–Kier alpha value is -3.30. The van der Waals surface area contributed by atoms with Crippen molar-refractivity contribution in [3.8, 4) is 0 Å². The summed E-state index contributed by atoms with van der Waals surface area (Å²) in [7, 11) is -0.216. The largest absolute Gasteiger partial charge is 0.232 e. The normalized spacial score (nSPS) is 11.5. The molecule has 32 heavy (non-hydrogen) atoms. The number of amidine groups is 1. The summed E-state index contributed by atoms with van der Waals surface area (Å²) in [6.07, 6.45) is 0.724. The molecule has 0 spiro atoms. The highest BCUT2D eigenvalue weighted by Gasteiger charge is 2.08. The summed E-state index contributed by atoms with van der Waals surface area (Å²) in [6.45, 7) is 2.10. The van der Waals surface area contributed by atoms with Crippen molar-refractivity contribution in [1.29, 1.82) is 0 Å². The summed E-state index contributed by atoms with van der Waals surface area (Å²) < 4.78 is 5.28. The van der Waals surface area contributed by atoms with Crippen LogP contribution in [-0.4, -0.2) is 5.84 Å². The highest BCUT2D eigenvalue weighted by Crippen LogP contribution is 2.20. The first kappa shape index (κ1) is 21.9. The Bertz CT molecular complexity index is 1140. The van der Waals surface area contributed by atoms with Crippen LogP contribution in [0.4, 0.5) is 5.69 Å². The summed E-state index contributed by atoms with van der Waals surface area (Å²) >= 11 is 0. The number of hydrogen-bond acceptors (Lipinski definition) is 1. The minimum absolute atomic E-state index is 0.216. The molecule has 0 aliphatic carbocycles. The Labute approximate surface area is 193 Å². The molecule has 0 saturated carbocycles. The van der Waals surface area contributed by atoms with Gasteiger partial charge in [-0.2, -0.15) is 0 Å². The van der Waals surface area contributed by atoms with Gasteiger partial charge in [-0.3, -0.25) is 0 Å². The van der Waals surface area contributed by atoms with Crippen LogP contribution in [0.3, 0.4) is 0 Å². The molecule has 0 atom stereocenters. The van der Waals surface area contributed by atoms with Crippen molar-refractivity contribution in [2.24, 2.45) is 9.36 Å². The number of aliphatic imine (C=N–C) groups is 1. The average Bonchev–Trinajstić information content (AvgIpc) is 2.82. The van der Waals surface area contributed by atoms with Crippen molar-refractivity contribution in [3.05, 3.63) is 138 Å². The number of benzene rings is 4. The van der Waals surface area contributed by atoms with Crippen molar-refractivity contribution in [2.45, 2.75) is 24.9 Å². The second-order valence-electron chi connectivity index (χ2n) is 7.79. The molecule has 0 amide bonds. The third kappa shape index (κ3) is 6.60. The minimum atomic E-state index is -0.216. The summed E-state index contributed by atoms with van der Waals surface area (Å²) in [5.41, 5.74) is 6.01. The number of hydrogen-bond donors (Lipinski definition) is 0. The predicted octanol–water partition coefficient (Wildman–Crippen LogP) is 7.47. The van der Waals surface area contributed by atoms with Crippen LogP contribution in [0.5, 0.6) is 0 Å². The molecule has 0 heterocycles. The van der Waals surface area contributed by atoms with E-state index < -0.39 is 0 Å². The first-order valence-corrected chi connectivity index (χ1v) is 12.4. The lowest BCUT2D eigenvalue weighted by molar-refractivity contribution is 1.26. The van der Waals surface area contributed by atoms with E-state index in [1.165, 1.54) is 22.3 Å². The van der Waals surface area contributed by atoms with Crippen LogP contribution in [0.25, 0.3) is 0 Å². The third-order valence-corrected chi connectivity index (χ3v) is 6.96. The number of rotatable bonds is 7. The fraction of sp³-hybridized carbons (Fsp3) is 0.138. The van der Waals surface area contributed by atoms with Crippen LogP contribution < -0.4 is 0 Å². The Morgan fingerprint density at radius 2 is 1.06 bits per heavy atom. The molecule has 0 aliphatic rings. The zero-order valence-corrected chi connectivity index (χ0v) is 19.2. The molecule has 3 heteroatoms. The third-order valence-electron chi connectivity index (χ3n) is 5.16. The topological polar surface area (TPSA) is 24.7 Å². The molecule has 4 aromatic rings. The van der Waals surface area contributed by atoms with Crippen LogP contribution >= 0.6 is 0 Å². The monoisotopic (exact) mass is 436 g/mol. The van der Waals surface area contributed by atoms with E-state index in [-0.39, 0.29) is 10.7 Å². The van der Waals surface area contributed by atoms with E-state index in [1.807, 2.05) is 12.1 Å². The summed E-state index contributed by atoms with van der Waals surface area (Å²) in [6, 6.07) is 40.1. The van der Waals surface area contributed by atoms with Crippen LogP contribution in [0, 0.1) is 6.92 Å². The Kier molecular flexibility index (Phi) is 7.78. The molecule has 0 bridgehead atoms. The van der Waals surface area contributed by atoms with Gasteiger partial charge in [0.25, 0.3) is 0 Å². The zero-order valence-electron chi connectivity index (χ0n) is 18.4. The lowest BCUT2D eigenvalue weighted by Gasteiger charge is -2.11. The maximum Gasteiger partial charge on any atom is 0.140 e. The van der Waals surface area contributed by atoms with Gasteiger partial charge in [-0.25, -0.2) is 9.36 Å². The van der Waals surface area contributed by atoms with Crippen molar-refractivity contribution >= 4 is 22.2 Å². The summed E-state index contributed by atoms with van der Waals surface area (Å²) in [5, 5.41) is 0. The van der Waals surface area contributed by atoms with E-state index >= 15 is 0 Å². The van der Waals surface area contributed by atoms with Gasteiger partial charge in [-0.1, -0.05) is 120 Å². The first-order valence-electron chi connectivity index (χ1n) is 10.9. The van der Waals surface area contributed by atoms with E-state index in [0.29, 0.717) is 0 Å². The standard InChI is InChI=1S/C29H28N2S/c1-24-13-11-12-20-28(24)30-29(21-25-14-5-2-6-15-25)31-32(22-26-16-7-3-8-17-26)23-27-18-9-4-10-19-27/h2-20H,21-23H2,1H3. The molecule has 2 nitrogen and oxygen atoms in total. The Morgan fingerprint density at radius 3 is 1.59 bits per heavy atom. The molecule has 0 N–H and O–H groups in total. The maximum atomic E-state index is 5.28. The molecular formula is C29H28N2S. The number of para-hydroxylation sites is 1. The van der Waals surface area contributed by atoms with Gasteiger partial charge in [0.1, 0.15) is 5.84 Å². The van der Waals surface area contributed by atoms with Gasteiger partial charge in [0.05, 0.1) is 5.69 Å². The van der Waals surface area contributed by atoms with E-state index in [0.717, 1.165) is 29.4 Å². The van der Waals surface area contributed by atoms with Gasteiger partial charge < -0.3 is 0 Å². The highest BCUT2D eigenvalue weighted by atomic mass is 32.2. The second kappa shape index (κ2) is 11.4. The Morgan fingerprint density at radius 1 is 0.594 bits per heavy atom. The van der Waals surface area contributed by atoms with Crippen LogP contribution in [0.15, 0.2) is 125 Å². The van der Waals surface area contributed by atoms with Crippen LogP contribution in [0.2, 0.25) is 0 Å². The lowest BCUT2D eigenvalue weighted by Crippen LogP contribution is -2.06. The maximum absolute atomic E-state index is 5.28. The second-order valence-corrected chi connectivity index (χ2v) is 9.47. The molecule has 0 radical (unpaired) electrons. The quantitative estimate of drug-likeness (QED) is 0.212. The Balaban J connectivity index is 1.73. The van der Waals surface area contributed by atoms with Crippen molar-refractivity contribution in [3.63, 3.8) is 0 Å². The smallest absolute Gasteiger partial charge is 0.140 e. The highest BCUT2D eigenvalue weighted by molar-refractivity contribution is 7.86. The molecule has 0 fully saturated rings. The van der Waals surface area contributed by atoms with Crippen LogP contribution in [0.1, 0.15) is 22.3 Å². The molecule has 4 aromatic carbocycles. The van der Waals surface area contributed by atoms with Gasteiger partial charge >= 0.3 is 0 Å². The predicted molar refractivity (Wildman–Crippen MR) is 139 cm³/mol. The molecule has 0 saturated heterocycles. The number of aryl methyl sites for hydroxylation is 1. The van der Waals surface area contributed by atoms with Crippen molar-refractivity contribution < 1.29 is 0 Å². The van der Waals surface area contributed by atoms with Gasteiger partial charge in [0.2, 0.25) is 0 Å². The molecular weight excluding hydrogens is 408 g/mol. The zero-order chi connectivity index (χ0) is 22.0. The molecule has 160 valence electrons. The molecule has 0 aromatic heterocycles. The van der Waals surface area contributed by atoms with Gasteiger partial charge in [0, 0.05) is 17.9 Å². The fourth-order valence-corrected chi connectivity index (χ4v) is 5.29. The van der Waals surface area contributed by atoms with Crippen molar-refractivity contribution in [2.75, 3.05) is 0 Å². The van der Waals surface area contributed by atoms with Gasteiger partial charge in [0.15, 0.2) is 0 Å². The van der Waals surface area contributed by atoms with Crippen LogP contribution in [-0.2, 0) is 28.6 Å². The first-order chi connectivity index (χ1) is 15.8. The van der Waals surface area contributed by atoms with Crippen molar-refractivity contribution in [1.82, 2.24) is 0 Å². The summed E-state index contributed by atoms with van der Waals surface area (Å²) in [5.74, 6) is 2.72. The van der Waals surface area contributed by atoms with E-state index in [2.05, 4.69) is 110 Å². The van der Waals surface area contributed by atoms with Gasteiger partial charge in [-0.15, -0.1) is 0 Å². The number of nitrogens with zero attached hydrogens (tertiary/aromatic N) is 2. The molecule has 4 rings (SSSR count). The van der Waals surface area contributed by atoms with E-state index in [1.54, 1.807) is 0 Å².